The van der Waals surface area contributed by atoms with Gasteiger partial charge >= 0.3 is 5.97 Å². The fraction of sp³-hybridized carbons (Fsp3) is 0.286. The van der Waals surface area contributed by atoms with Gasteiger partial charge in [-0.2, -0.15) is 0 Å². The second kappa shape index (κ2) is 11.6. The zero-order valence-corrected chi connectivity index (χ0v) is 19.7. The van der Waals surface area contributed by atoms with Gasteiger partial charge in [0.2, 0.25) is 5.91 Å². The summed E-state index contributed by atoms with van der Waals surface area (Å²) in [5, 5.41) is 11.8. The van der Waals surface area contributed by atoms with Crippen LogP contribution in [0.15, 0.2) is 42.1 Å². The normalized spacial score (nSPS) is 10.6. The van der Waals surface area contributed by atoms with E-state index in [1.807, 2.05) is 0 Å². The Labute approximate surface area is 198 Å². The molecule has 3 rings (SSSR count). The fourth-order valence-corrected chi connectivity index (χ4v) is 4.29. The Hall–Kier alpha value is -3.25. The SMILES string of the molecule is C=CCn1c(COc2ccc(F)cc2)nnc1SCC(=O)Nc1nc(C)c(C(=O)OCC)s1. The molecule has 2 heterocycles. The molecule has 1 amide bonds. The monoisotopic (exact) mass is 491 g/mol. The molecule has 0 aliphatic carbocycles. The zero-order valence-electron chi connectivity index (χ0n) is 18.0. The maximum absolute atomic E-state index is 13.0. The van der Waals surface area contributed by atoms with Crippen LogP contribution in [0.1, 0.15) is 28.1 Å². The van der Waals surface area contributed by atoms with Gasteiger partial charge in [0.15, 0.2) is 16.1 Å². The summed E-state index contributed by atoms with van der Waals surface area (Å²) in [7, 11) is 0. The van der Waals surface area contributed by atoms with Crippen LogP contribution in [0.5, 0.6) is 5.75 Å². The lowest BCUT2D eigenvalue weighted by Crippen LogP contribution is -2.15. The smallest absolute Gasteiger partial charge is 0.350 e. The molecule has 1 aromatic carbocycles. The summed E-state index contributed by atoms with van der Waals surface area (Å²) >= 11 is 2.26. The summed E-state index contributed by atoms with van der Waals surface area (Å²) in [5.41, 5.74) is 0.498. The minimum Gasteiger partial charge on any atom is -0.486 e. The molecule has 0 aliphatic heterocycles. The number of nitrogens with one attached hydrogen (secondary N) is 1. The molecule has 0 radical (unpaired) electrons. The van der Waals surface area contributed by atoms with E-state index in [1.54, 1.807) is 24.5 Å². The van der Waals surface area contributed by atoms with Crippen molar-refractivity contribution >= 4 is 40.1 Å². The van der Waals surface area contributed by atoms with E-state index in [9.17, 15) is 14.0 Å². The van der Waals surface area contributed by atoms with Gasteiger partial charge in [0.25, 0.3) is 0 Å². The lowest BCUT2D eigenvalue weighted by atomic mass is 10.3. The lowest BCUT2D eigenvalue weighted by Gasteiger charge is -2.09. The number of carbonyl (C=O) groups excluding carboxylic acids is 2. The van der Waals surface area contributed by atoms with Crippen LogP contribution in [0.4, 0.5) is 9.52 Å². The summed E-state index contributed by atoms with van der Waals surface area (Å²) in [5.74, 6) is -0.0201. The average molecular weight is 492 g/mol. The number of nitrogens with zero attached hydrogens (tertiary/aromatic N) is 4. The van der Waals surface area contributed by atoms with Crippen LogP contribution in [0.3, 0.4) is 0 Å². The van der Waals surface area contributed by atoms with Crippen molar-refractivity contribution in [3.05, 3.63) is 59.1 Å². The number of ether oxygens (including phenoxy) is 2. The minimum atomic E-state index is -0.463. The highest BCUT2D eigenvalue weighted by atomic mass is 32.2. The maximum atomic E-state index is 13.0. The number of anilines is 1. The van der Waals surface area contributed by atoms with Crippen LogP contribution in [-0.4, -0.2) is 44.0 Å². The molecule has 0 aliphatic rings. The number of rotatable bonds is 11. The summed E-state index contributed by atoms with van der Waals surface area (Å²) < 4.78 is 25.4. The highest BCUT2D eigenvalue weighted by Crippen LogP contribution is 2.24. The van der Waals surface area contributed by atoms with Crippen LogP contribution >= 0.6 is 23.1 Å². The standard InChI is InChI=1S/C21H22FN5O4S2/c1-4-10-27-16(11-31-15-8-6-14(22)7-9-15)25-26-21(27)32-12-17(28)24-20-23-13(3)18(33-20)19(29)30-5-2/h4,6-9H,1,5,10-12H2,2-3H3,(H,23,24,28). The van der Waals surface area contributed by atoms with Gasteiger partial charge in [-0.25, -0.2) is 14.2 Å². The molecule has 33 heavy (non-hydrogen) atoms. The van der Waals surface area contributed by atoms with E-state index < -0.39 is 5.97 Å². The number of aromatic nitrogens is 4. The molecule has 0 unspecified atom stereocenters. The summed E-state index contributed by atoms with van der Waals surface area (Å²) in [6.45, 7) is 7.95. The number of aryl methyl sites for hydroxylation is 1. The fourth-order valence-electron chi connectivity index (χ4n) is 2.65. The molecule has 0 bridgehead atoms. The van der Waals surface area contributed by atoms with E-state index in [0.717, 1.165) is 11.3 Å². The molecular weight excluding hydrogens is 469 g/mol. The van der Waals surface area contributed by atoms with Crippen molar-refractivity contribution in [2.24, 2.45) is 0 Å². The van der Waals surface area contributed by atoms with Crippen LogP contribution < -0.4 is 10.1 Å². The Balaban J connectivity index is 1.59. The molecule has 0 fully saturated rings. The van der Waals surface area contributed by atoms with Crippen molar-refractivity contribution in [1.29, 1.82) is 0 Å². The summed E-state index contributed by atoms with van der Waals surface area (Å²) in [4.78, 5) is 28.9. The Kier molecular flexibility index (Phi) is 8.55. The van der Waals surface area contributed by atoms with Crippen LogP contribution in [-0.2, 0) is 22.7 Å². The van der Waals surface area contributed by atoms with E-state index >= 15 is 0 Å². The van der Waals surface area contributed by atoms with Crippen molar-refractivity contribution in [2.45, 2.75) is 32.2 Å². The first-order chi connectivity index (χ1) is 15.9. The van der Waals surface area contributed by atoms with Crippen molar-refractivity contribution in [1.82, 2.24) is 19.7 Å². The molecule has 3 aromatic rings. The molecule has 9 nitrogen and oxygen atoms in total. The first-order valence-electron chi connectivity index (χ1n) is 9.89. The van der Waals surface area contributed by atoms with E-state index in [4.69, 9.17) is 9.47 Å². The number of thiazole rings is 1. The number of hydrogen-bond acceptors (Lipinski definition) is 9. The zero-order chi connectivity index (χ0) is 23.8. The number of esters is 1. The second-order valence-corrected chi connectivity index (χ2v) is 8.47. The molecule has 0 saturated heterocycles. The highest BCUT2D eigenvalue weighted by molar-refractivity contribution is 7.99. The number of carbonyl (C=O) groups is 2. The van der Waals surface area contributed by atoms with Crippen molar-refractivity contribution in [2.75, 3.05) is 17.7 Å². The van der Waals surface area contributed by atoms with Gasteiger partial charge in [0.1, 0.15) is 23.1 Å². The molecule has 0 spiro atoms. The Morgan fingerprint density at radius 2 is 2.06 bits per heavy atom. The number of allylic oxidation sites excluding steroid dienone is 1. The molecule has 174 valence electrons. The maximum Gasteiger partial charge on any atom is 0.350 e. The minimum absolute atomic E-state index is 0.0570. The van der Waals surface area contributed by atoms with Crippen LogP contribution in [0.2, 0.25) is 0 Å². The molecular formula is C21H22FN5O4S2. The van der Waals surface area contributed by atoms with Gasteiger partial charge in [-0.1, -0.05) is 29.2 Å². The topological polar surface area (TPSA) is 108 Å². The van der Waals surface area contributed by atoms with Crippen LogP contribution in [0, 0.1) is 12.7 Å². The number of benzene rings is 1. The van der Waals surface area contributed by atoms with Crippen molar-refractivity contribution in [3.8, 4) is 5.75 Å². The summed E-state index contributed by atoms with van der Waals surface area (Å²) in [6.07, 6.45) is 1.68. The lowest BCUT2D eigenvalue weighted by molar-refractivity contribution is -0.113. The van der Waals surface area contributed by atoms with E-state index in [0.29, 0.717) is 39.0 Å². The third-order valence-electron chi connectivity index (χ3n) is 4.12. The Bertz CT molecular complexity index is 1130. The first-order valence-corrected chi connectivity index (χ1v) is 11.7. The molecule has 2 aromatic heterocycles. The van der Waals surface area contributed by atoms with Gasteiger partial charge in [0, 0.05) is 6.54 Å². The highest BCUT2D eigenvalue weighted by Gasteiger charge is 2.19. The van der Waals surface area contributed by atoms with Gasteiger partial charge in [-0.3, -0.25) is 9.36 Å². The van der Waals surface area contributed by atoms with Gasteiger partial charge in [-0.15, -0.1) is 16.8 Å². The molecule has 1 N–H and O–H groups in total. The molecule has 0 saturated carbocycles. The summed E-state index contributed by atoms with van der Waals surface area (Å²) in [6, 6.07) is 5.67. The largest absolute Gasteiger partial charge is 0.486 e. The molecule has 0 atom stereocenters. The van der Waals surface area contributed by atoms with Crippen molar-refractivity contribution < 1.29 is 23.5 Å². The van der Waals surface area contributed by atoms with E-state index in [2.05, 4.69) is 27.1 Å². The predicted molar refractivity (Wildman–Crippen MR) is 123 cm³/mol. The Morgan fingerprint density at radius 3 is 2.76 bits per heavy atom. The first kappa shape index (κ1) is 24.4. The molecule has 12 heteroatoms. The van der Waals surface area contributed by atoms with Gasteiger partial charge in [-0.05, 0) is 38.1 Å². The third kappa shape index (κ3) is 6.62. The average Bonchev–Trinajstić information content (AvgIpc) is 3.35. The van der Waals surface area contributed by atoms with Crippen LogP contribution in [0.25, 0.3) is 0 Å². The van der Waals surface area contributed by atoms with Gasteiger partial charge in [0.05, 0.1) is 18.1 Å². The van der Waals surface area contributed by atoms with E-state index in [-0.39, 0.29) is 30.7 Å². The third-order valence-corrected chi connectivity index (χ3v) is 6.14. The quantitative estimate of drug-likeness (QED) is 0.245. The van der Waals surface area contributed by atoms with Crippen molar-refractivity contribution in [3.63, 3.8) is 0 Å². The van der Waals surface area contributed by atoms with Gasteiger partial charge < -0.3 is 14.8 Å². The van der Waals surface area contributed by atoms with E-state index in [1.165, 1.54) is 36.0 Å². The number of halogens is 1. The predicted octanol–water partition coefficient (Wildman–Crippen LogP) is 3.85. The number of amides is 1. The second-order valence-electron chi connectivity index (χ2n) is 6.53. The Morgan fingerprint density at radius 1 is 1.30 bits per heavy atom. The number of thioether (sulfide) groups is 1. The number of hydrogen-bond donors (Lipinski definition) is 1.